The summed E-state index contributed by atoms with van der Waals surface area (Å²) in [5, 5.41) is 7.60. The standard InChI is InChI=1S/C24H23N7O3S/c1-12-5-7-14(28-23(32)33-24(2,3)4)10-15(12)20-30-21(34-31-20)18-19(25)29-22(35-18)13-6-8-16-17(9-13)27-11-26-16/h5-11H,25H2,1-4H3,(H,26,27)(H,28,32). The minimum absolute atomic E-state index is 0.272. The molecule has 4 N–H and O–H groups in total. The maximum Gasteiger partial charge on any atom is 0.412 e. The summed E-state index contributed by atoms with van der Waals surface area (Å²) in [6.45, 7) is 7.34. The predicted octanol–water partition coefficient (Wildman–Crippen LogP) is 5.64. The summed E-state index contributed by atoms with van der Waals surface area (Å²) < 4.78 is 10.9. The summed E-state index contributed by atoms with van der Waals surface area (Å²) in [6.07, 6.45) is 1.11. The average molecular weight is 490 g/mol. The highest BCUT2D eigenvalue weighted by atomic mass is 32.1. The molecule has 0 aliphatic rings. The van der Waals surface area contributed by atoms with Gasteiger partial charge in [-0.25, -0.2) is 14.8 Å². The van der Waals surface area contributed by atoms with E-state index >= 15 is 0 Å². The smallest absolute Gasteiger partial charge is 0.412 e. The van der Waals surface area contributed by atoms with Crippen LogP contribution in [-0.2, 0) is 4.74 Å². The van der Waals surface area contributed by atoms with Crippen molar-refractivity contribution in [2.24, 2.45) is 0 Å². The van der Waals surface area contributed by atoms with E-state index in [-0.39, 0.29) is 5.89 Å². The number of benzene rings is 2. The van der Waals surface area contributed by atoms with E-state index in [0.29, 0.717) is 27.8 Å². The number of nitrogens with two attached hydrogens (primary N) is 1. The number of ether oxygens (including phenoxy) is 1. The molecule has 0 fully saturated rings. The first-order chi connectivity index (χ1) is 16.7. The fourth-order valence-electron chi connectivity index (χ4n) is 3.46. The number of aromatic nitrogens is 5. The molecule has 3 heterocycles. The molecule has 0 spiro atoms. The Hall–Kier alpha value is -4.25. The van der Waals surface area contributed by atoms with Gasteiger partial charge in [0.25, 0.3) is 5.89 Å². The molecule has 5 aromatic rings. The largest absolute Gasteiger partial charge is 0.444 e. The van der Waals surface area contributed by atoms with Crippen LogP contribution in [0.4, 0.5) is 16.3 Å². The molecule has 3 aromatic heterocycles. The van der Waals surface area contributed by atoms with Crippen LogP contribution in [0.5, 0.6) is 0 Å². The van der Waals surface area contributed by atoms with E-state index in [1.165, 1.54) is 11.3 Å². The van der Waals surface area contributed by atoms with Crippen LogP contribution in [-0.4, -0.2) is 36.8 Å². The van der Waals surface area contributed by atoms with Gasteiger partial charge >= 0.3 is 6.09 Å². The van der Waals surface area contributed by atoms with Gasteiger partial charge < -0.3 is 20.0 Å². The van der Waals surface area contributed by atoms with Crippen LogP contribution in [0.1, 0.15) is 26.3 Å². The van der Waals surface area contributed by atoms with Gasteiger partial charge in [0.05, 0.1) is 17.4 Å². The first-order valence-corrected chi connectivity index (χ1v) is 11.6. The Morgan fingerprint density at radius 2 is 2.00 bits per heavy atom. The van der Waals surface area contributed by atoms with Crippen molar-refractivity contribution >= 4 is 40.0 Å². The van der Waals surface area contributed by atoms with Gasteiger partial charge in [0.1, 0.15) is 21.3 Å². The van der Waals surface area contributed by atoms with E-state index in [1.807, 2.05) is 31.2 Å². The van der Waals surface area contributed by atoms with Crippen molar-refractivity contribution in [3.8, 4) is 32.7 Å². The number of rotatable bonds is 4. The Morgan fingerprint density at radius 1 is 1.17 bits per heavy atom. The third-order valence-corrected chi connectivity index (χ3v) is 6.17. The summed E-state index contributed by atoms with van der Waals surface area (Å²) in [4.78, 5) is 29.1. The van der Waals surface area contributed by atoms with Crippen molar-refractivity contribution in [3.05, 3.63) is 48.3 Å². The molecule has 0 bridgehead atoms. The summed E-state index contributed by atoms with van der Waals surface area (Å²) in [6, 6.07) is 11.3. The molecule has 0 unspecified atom stereocenters. The maximum atomic E-state index is 12.2. The summed E-state index contributed by atoms with van der Waals surface area (Å²) >= 11 is 1.37. The van der Waals surface area contributed by atoms with Crippen LogP contribution in [0.25, 0.3) is 43.8 Å². The van der Waals surface area contributed by atoms with Gasteiger partial charge in [-0.1, -0.05) is 11.2 Å². The van der Waals surface area contributed by atoms with Crippen molar-refractivity contribution in [1.82, 2.24) is 25.1 Å². The number of nitrogens with one attached hydrogen (secondary N) is 2. The number of carbonyl (C=O) groups is 1. The number of fused-ring (bicyclic) bond motifs is 1. The molecular weight excluding hydrogens is 466 g/mol. The van der Waals surface area contributed by atoms with E-state index in [1.54, 1.807) is 39.2 Å². The molecule has 1 amide bonds. The number of nitrogen functional groups attached to an aromatic ring is 1. The third kappa shape index (κ3) is 4.71. The normalized spacial score (nSPS) is 11.7. The van der Waals surface area contributed by atoms with E-state index in [0.717, 1.165) is 27.2 Å². The lowest BCUT2D eigenvalue weighted by molar-refractivity contribution is 0.0636. The number of aryl methyl sites for hydroxylation is 1. The Bertz CT molecular complexity index is 1540. The lowest BCUT2D eigenvalue weighted by Crippen LogP contribution is -2.27. The van der Waals surface area contributed by atoms with E-state index in [9.17, 15) is 4.79 Å². The number of aromatic amines is 1. The lowest BCUT2D eigenvalue weighted by atomic mass is 10.1. The number of thiazole rings is 1. The molecule has 35 heavy (non-hydrogen) atoms. The number of nitrogens with zero attached hydrogens (tertiary/aromatic N) is 4. The molecule has 0 saturated heterocycles. The Morgan fingerprint density at radius 3 is 2.80 bits per heavy atom. The molecule has 178 valence electrons. The second kappa shape index (κ2) is 8.51. The van der Waals surface area contributed by atoms with Gasteiger partial charge in [0, 0.05) is 16.8 Å². The first kappa shape index (κ1) is 22.5. The van der Waals surface area contributed by atoms with Gasteiger partial charge in [0.2, 0.25) is 5.82 Å². The van der Waals surface area contributed by atoms with Crippen molar-refractivity contribution in [2.45, 2.75) is 33.3 Å². The zero-order valence-corrected chi connectivity index (χ0v) is 20.4. The Kier molecular flexibility index (Phi) is 5.48. The van der Waals surface area contributed by atoms with E-state index in [4.69, 9.17) is 15.0 Å². The zero-order valence-electron chi connectivity index (χ0n) is 19.5. The molecule has 10 nitrogen and oxygen atoms in total. The molecule has 11 heteroatoms. The number of hydrogen-bond acceptors (Lipinski definition) is 9. The van der Waals surface area contributed by atoms with Crippen molar-refractivity contribution < 1.29 is 14.1 Å². The molecule has 0 radical (unpaired) electrons. The first-order valence-electron chi connectivity index (χ1n) is 10.8. The van der Waals surface area contributed by atoms with Crippen LogP contribution in [0.15, 0.2) is 47.2 Å². The SMILES string of the molecule is Cc1ccc(NC(=O)OC(C)(C)C)cc1-c1noc(-c2sc(-c3ccc4nc[nH]c4c3)nc2N)n1. The van der Waals surface area contributed by atoms with Crippen molar-refractivity contribution in [1.29, 1.82) is 0 Å². The average Bonchev–Trinajstić information content (AvgIpc) is 3.52. The fraction of sp³-hybridized carbons (Fsp3) is 0.208. The van der Waals surface area contributed by atoms with Gasteiger partial charge in [0.15, 0.2) is 0 Å². The van der Waals surface area contributed by atoms with Gasteiger partial charge in [-0.3, -0.25) is 5.32 Å². The molecule has 0 aliphatic heterocycles. The summed E-state index contributed by atoms with van der Waals surface area (Å²) in [5.41, 5.74) is 10.5. The monoisotopic (exact) mass is 489 g/mol. The topological polar surface area (TPSA) is 145 Å². The summed E-state index contributed by atoms with van der Waals surface area (Å²) in [5.74, 6) is 0.953. The number of imidazole rings is 1. The lowest BCUT2D eigenvalue weighted by Gasteiger charge is -2.19. The van der Waals surface area contributed by atoms with Crippen LogP contribution < -0.4 is 11.1 Å². The van der Waals surface area contributed by atoms with E-state index < -0.39 is 11.7 Å². The van der Waals surface area contributed by atoms with Crippen LogP contribution in [0, 0.1) is 6.92 Å². The molecule has 2 aromatic carbocycles. The highest BCUT2D eigenvalue weighted by molar-refractivity contribution is 7.18. The fourth-order valence-corrected chi connectivity index (χ4v) is 4.37. The molecular formula is C24H23N7O3S. The van der Waals surface area contributed by atoms with Gasteiger partial charge in [-0.05, 0) is 63.6 Å². The predicted molar refractivity (Wildman–Crippen MR) is 135 cm³/mol. The maximum absolute atomic E-state index is 12.2. The minimum atomic E-state index is -0.599. The molecule has 0 aliphatic carbocycles. The third-order valence-electron chi connectivity index (χ3n) is 5.06. The molecule has 0 atom stereocenters. The quantitative estimate of drug-likeness (QED) is 0.294. The van der Waals surface area contributed by atoms with Gasteiger partial charge in [-0.15, -0.1) is 11.3 Å². The zero-order chi connectivity index (χ0) is 24.7. The Balaban J connectivity index is 1.42. The molecule has 5 rings (SSSR count). The number of amides is 1. The molecule has 0 saturated carbocycles. The van der Waals surface area contributed by atoms with Crippen LogP contribution in [0.3, 0.4) is 0 Å². The number of anilines is 2. The van der Waals surface area contributed by atoms with Crippen molar-refractivity contribution in [2.75, 3.05) is 11.1 Å². The Labute approximate surface area is 204 Å². The second-order valence-corrected chi connectivity index (χ2v) is 9.95. The second-order valence-electron chi connectivity index (χ2n) is 8.95. The minimum Gasteiger partial charge on any atom is -0.444 e. The van der Waals surface area contributed by atoms with Crippen LogP contribution >= 0.6 is 11.3 Å². The van der Waals surface area contributed by atoms with Crippen LogP contribution in [0.2, 0.25) is 0 Å². The number of H-pyrrole nitrogens is 1. The van der Waals surface area contributed by atoms with E-state index in [2.05, 4.69) is 30.4 Å². The van der Waals surface area contributed by atoms with Crippen molar-refractivity contribution in [3.63, 3.8) is 0 Å². The number of carbonyl (C=O) groups excluding carboxylic acids is 1. The number of hydrogen-bond donors (Lipinski definition) is 3. The summed E-state index contributed by atoms with van der Waals surface area (Å²) in [7, 11) is 0. The van der Waals surface area contributed by atoms with Gasteiger partial charge in [-0.2, -0.15) is 4.98 Å². The highest BCUT2D eigenvalue weighted by Crippen LogP contribution is 2.38. The highest BCUT2D eigenvalue weighted by Gasteiger charge is 2.21.